The first-order chi connectivity index (χ1) is 13.7. The molecule has 3 rings (SSSR count). The Kier molecular flexibility index (Phi) is 6.07. The third kappa shape index (κ3) is 5.03. The Morgan fingerprint density at radius 1 is 1.34 bits per heavy atom. The molecule has 1 aliphatic heterocycles. The number of aromatic nitrogens is 3. The molecular formula is C14H13F5N6O3S. The summed E-state index contributed by atoms with van der Waals surface area (Å²) in [6.07, 6.45) is -4.72. The van der Waals surface area contributed by atoms with Crippen molar-refractivity contribution in [3.8, 4) is 0 Å². The summed E-state index contributed by atoms with van der Waals surface area (Å²) in [4.78, 5) is 29.0. The van der Waals surface area contributed by atoms with Crippen molar-refractivity contribution in [3.63, 3.8) is 0 Å². The standard InChI is InChI=1S/C14H13F5N6O3S/c15-8-1-2-24(5-8)12-9-3-7(4-20-11(9)25(23-12)29-19)13(27)22-21-10(26)6-28-14(16,17)18/h3-4,8H,1-2,5-6H2,(H,21,26)(H,22,27). The lowest BCUT2D eigenvalue weighted by molar-refractivity contribution is -0.321. The number of rotatable bonds is 5. The number of amides is 2. The lowest BCUT2D eigenvalue weighted by atomic mass is 10.2. The van der Waals surface area contributed by atoms with Crippen molar-refractivity contribution >= 4 is 41.0 Å². The summed E-state index contributed by atoms with van der Waals surface area (Å²) < 4.78 is 66.5. The molecule has 0 aromatic carbocycles. The second kappa shape index (κ2) is 8.36. The predicted octanol–water partition coefficient (Wildman–Crippen LogP) is 1.66. The Morgan fingerprint density at radius 3 is 2.72 bits per heavy atom. The summed E-state index contributed by atoms with van der Waals surface area (Å²) in [7, 11) is 0. The fourth-order valence-electron chi connectivity index (χ4n) is 2.66. The van der Waals surface area contributed by atoms with Crippen LogP contribution in [0.25, 0.3) is 11.0 Å². The normalized spacial score (nSPS) is 17.0. The third-order valence-electron chi connectivity index (χ3n) is 3.91. The van der Waals surface area contributed by atoms with E-state index in [-0.39, 0.29) is 47.7 Å². The minimum absolute atomic E-state index is 0.0503. The van der Waals surface area contributed by atoms with Gasteiger partial charge in [-0.15, -0.1) is 22.2 Å². The number of nitrogens with zero attached hydrogens (tertiary/aromatic N) is 4. The number of hydrazine groups is 1. The molecule has 0 aliphatic carbocycles. The molecule has 0 spiro atoms. The van der Waals surface area contributed by atoms with Gasteiger partial charge in [0.1, 0.15) is 12.8 Å². The largest absolute Gasteiger partial charge is 0.523 e. The molecule has 2 amide bonds. The predicted molar refractivity (Wildman–Crippen MR) is 91.0 cm³/mol. The molecule has 158 valence electrons. The maximum atomic E-state index is 13.5. The van der Waals surface area contributed by atoms with E-state index in [1.165, 1.54) is 6.07 Å². The summed E-state index contributed by atoms with van der Waals surface area (Å²) in [5.41, 5.74) is 3.67. The SMILES string of the molecule is O=C(COC(F)(F)F)NNC(=O)c1cnc2c(c1)c(N1CCC(F)C1)nn2SF. The van der Waals surface area contributed by atoms with Crippen LogP contribution in [0.2, 0.25) is 0 Å². The third-order valence-corrected chi connectivity index (χ3v) is 4.30. The zero-order valence-electron chi connectivity index (χ0n) is 14.4. The molecule has 0 saturated carbocycles. The fraction of sp³-hybridized carbons (Fsp3) is 0.429. The first-order valence-corrected chi connectivity index (χ1v) is 8.72. The number of halogens is 5. The number of fused-ring (bicyclic) bond motifs is 1. The summed E-state index contributed by atoms with van der Waals surface area (Å²) >= 11 is -0.226. The van der Waals surface area contributed by atoms with Crippen molar-refractivity contribution in [3.05, 3.63) is 17.8 Å². The molecule has 9 nitrogen and oxygen atoms in total. The second-order valence-electron chi connectivity index (χ2n) is 5.93. The number of nitrogens with one attached hydrogen (secondary N) is 2. The first-order valence-electron chi connectivity index (χ1n) is 8.04. The number of ether oxygens (including phenoxy) is 1. The van der Waals surface area contributed by atoms with Gasteiger partial charge in [-0.05, 0) is 12.5 Å². The molecule has 29 heavy (non-hydrogen) atoms. The number of hydrogen-bond donors (Lipinski definition) is 2. The Hall–Kier alpha value is -2.68. The molecule has 0 bridgehead atoms. The van der Waals surface area contributed by atoms with Gasteiger partial charge >= 0.3 is 6.36 Å². The van der Waals surface area contributed by atoms with E-state index >= 15 is 0 Å². The molecule has 1 aliphatic rings. The van der Waals surface area contributed by atoms with Crippen LogP contribution in [0.15, 0.2) is 12.3 Å². The Bertz CT molecular complexity index is 923. The van der Waals surface area contributed by atoms with Gasteiger partial charge in [0.05, 0.1) is 17.5 Å². The topological polar surface area (TPSA) is 101 Å². The smallest absolute Gasteiger partial charge is 0.352 e. The van der Waals surface area contributed by atoms with Crippen molar-refractivity contribution in [2.45, 2.75) is 19.0 Å². The lowest BCUT2D eigenvalue weighted by Crippen LogP contribution is -2.44. The van der Waals surface area contributed by atoms with Crippen molar-refractivity contribution in [2.75, 3.05) is 24.6 Å². The maximum Gasteiger partial charge on any atom is 0.523 e. The van der Waals surface area contributed by atoms with Gasteiger partial charge in [0.2, 0.25) is 0 Å². The van der Waals surface area contributed by atoms with Crippen LogP contribution in [-0.2, 0) is 9.53 Å². The second-order valence-corrected chi connectivity index (χ2v) is 6.41. The van der Waals surface area contributed by atoms with Crippen LogP contribution in [0, 0.1) is 0 Å². The van der Waals surface area contributed by atoms with Crippen LogP contribution < -0.4 is 15.8 Å². The van der Waals surface area contributed by atoms with Crippen LogP contribution in [0.3, 0.4) is 0 Å². The lowest BCUT2D eigenvalue weighted by Gasteiger charge is -2.14. The van der Waals surface area contributed by atoms with Gasteiger partial charge in [0.15, 0.2) is 23.8 Å². The van der Waals surface area contributed by atoms with E-state index in [9.17, 15) is 31.0 Å². The molecular weight excluding hydrogens is 427 g/mol. The molecule has 2 aromatic rings. The van der Waals surface area contributed by atoms with E-state index in [2.05, 4.69) is 14.8 Å². The van der Waals surface area contributed by atoms with Crippen molar-refractivity contribution in [1.82, 2.24) is 25.0 Å². The molecule has 1 unspecified atom stereocenters. The van der Waals surface area contributed by atoms with E-state index in [1.54, 1.807) is 10.3 Å². The minimum atomic E-state index is -4.99. The van der Waals surface area contributed by atoms with Gasteiger partial charge in [0, 0.05) is 12.7 Å². The number of alkyl halides is 4. The quantitative estimate of drug-likeness (QED) is 0.539. The molecule has 1 saturated heterocycles. The molecule has 1 fully saturated rings. The highest BCUT2D eigenvalue weighted by atomic mass is 32.2. The number of carbonyl (C=O) groups excluding carboxylic acids is 2. The van der Waals surface area contributed by atoms with Gasteiger partial charge < -0.3 is 4.90 Å². The number of carbonyl (C=O) groups is 2. The van der Waals surface area contributed by atoms with Gasteiger partial charge in [-0.3, -0.25) is 25.2 Å². The van der Waals surface area contributed by atoms with Crippen molar-refractivity contribution < 1.29 is 35.8 Å². The van der Waals surface area contributed by atoms with Crippen LogP contribution in [0.4, 0.5) is 27.3 Å². The number of hydrogen-bond acceptors (Lipinski definition) is 7. The molecule has 15 heteroatoms. The zero-order chi connectivity index (χ0) is 21.2. The molecule has 0 radical (unpaired) electrons. The Labute approximate surface area is 164 Å². The van der Waals surface area contributed by atoms with Gasteiger partial charge in [-0.1, -0.05) is 0 Å². The minimum Gasteiger partial charge on any atom is -0.352 e. The highest BCUT2D eigenvalue weighted by molar-refractivity contribution is 7.92. The molecule has 2 N–H and O–H groups in total. The molecule has 1 atom stereocenters. The monoisotopic (exact) mass is 440 g/mol. The van der Waals surface area contributed by atoms with E-state index in [0.29, 0.717) is 6.54 Å². The maximum absolute atomic E-state index is 13.5. The van der Waals surface area contributed by atoms with E-state index < -0.39 is 31.0 Å². The van der Waals surface area contributed by atoms with E-state index in [0.717, 1.165) is 10.3 Å². The summed E-state index contributed by atoms with van der Waals surface area (Å²) in [5, 5.41) is 4.29. The molecule has 2 aromatic heterocycles. The van der Waals surface area contributed by atoms with Crippen LogP contribution in [0.5, 0.6) is 0 Å². The fourth-order valence-corrected chi connectivity index (χ4v) is 2.98. The van der Waals surface area contributed by atoms with Crippen LogP contribution >= 0.6 is 12.3 Å². The summed E-state index contributed by atoms with van der Waals surface area (Å²) in [5.74, 6) is -1.90. The van der Waals surface area contributed by atoms with Gasteiger partial charge in [-0.25, -0.2) is 9.37 Å². The van der Waals surface area contributed by atoms with E-state index in [4.69, 9.17) is 0 Å². The molecule has 3 heterocycles. The number of anilines is 1. The van der Waals surface area contributed by atoms with Crippen LogP contribution in [0.1, 0.15) is 16.8 Å². The van der Waals surface area contributed by atoms with Crippen molar-refractivity contribution in [1.29, 1.82) is 0 Å². The number of pyridine rings is 1. The van der Waals surface area contributed by atoms with Gasteiger partial charge in [0.25, 0.3) is 11.8 Å². The highest BCUT2D eigenvalue weighted by Crippen LogP contribution is 2.31. The average Bonchev–Trinajstić information content (AvgIpc) is 3.26. The van der Waals surface area contributed by atoms with E-state index in [1.807, 2.05) is 5.43 Å². The van der Waals surface area contributed by atoms with Crippen LogP contribution in [-0.4, -0.2) is 58.2 Å². The zero-order valence-corrected chi connectivity index (χ0v) is 15.2. The van der Waals surface area contributed by atoms with Crippen molar-refractivity contribution in [2.24, 2.45) is 0 Å². The Balaban J connectivity index is 1.74. The summed E-state index contributed by atoms with van der Waals surface area (Å²) in [6, 6.07) is 1.30. The average molecular weight is 440 g/mol. The Morgan fingerprint density at radius 2 is 2.10 bits per heavy atom. The first kappa shape index (κ1) is 21.0. The highest BCUT2D eigenvalue weighted by Gasteiger charge is 2.30. The summed E-state index contributed by atoms with van der Waals surface area (Å²) in [6.45, 7) is -0.949. The van der Waals surface area contributed by atoms with Gasteiger partial charge in [-0.2, -0.15) is 4.09 Å².